The van der Waals surface area contributed by atoms with E-state index in [2.05, 4.69) is 16.1 Å². The molecule has 162 valence electrons. The minimum Gasteiger partial charge on any atom is -0.497 e. The summed E-state index contributed by atoms with van der Waals surface area (Å²) in [4.78, 5) is 17.2. The van der Waals surface area contributed by atoms with E-state index in [9.17, 15) is 4.79 Å². The molecular formula is C24H27N3O4. The zero-order chi connectivity index (χ0) is 21.8. The van der Waals surface area contributed by atoms with Gasteiger partial charge in [-0.3, -0.25) is 4.79 Å². The summed E-state index contributed by atoms with van der Waals surface area (Å²) in [5.41, 5.74) is 3.50. The van der Waals surface area contributed by atoms with Crippen molar-refractivity contribution in [1.29, 1.82) is 0 Å². The second-order valence-electron chi connectivity index (χ2n) is 7.60. The summed E-state index contributed by atoms with van der Waals surface area (Å²) in [6, 6.07) is 15.4. The predicted molar refractivity (Wildman–Crippen MR) is 118 cm³/mol. The highest BCUT2D eigenvalue weighted by atomic mass is 16.5. The first-order valence-electron chi connectivity index (χ1n) is 10.4. The van der Waals surface area contributed by atoms with Gasteiger partial charge in [0, 0.05) is 43.5 Å². The lowest BCUT2D eigenvalue weighted by Gasteiger charge is -2.36. The number of amides is 1. The number of benzene rings is 2. The highest BCUT2D eigenvalue weighted by Crippen LogP contribution is 2.23. The number of anilines is 1. The predicted octanol–water partition coefficient (Wildman–Crippen LogP) is 3.84. The highest BCUT2D eigenvalue weighted by molar-refractivity contribution is 5.94. The van der Waals surface area contributed by atoms with E-state index in [1.807, 2.05) is 55.1 Å². The van der Waals surface area contributed by atoms with E-state index in [0.717, 1.165) is 41.5 Å². The van der Waals surface area contributed by atoms with Gasteiger partial charge < -0.3 is 23.8 Å². The van der Waals surface area contributed by atoms with E-state index in [4.69, 9.17) is 14.0 Å². The lowest BCUT2D eigenvalue weighted by atomic mass is 10.1. The molecular weight excluding hydrogens is 394 g/mol. The van der Waals surface area contributed by atoms with Crippen molar-refractivity contribution in [2.75, 3.05) is 38.2 Å². The van der Waals surface area contributed by atoms with E-state index < -0.39 is 0 Å². The molecule has 4 rings (SSSR count). The number of carbonyl (C=O) groups is 1. The Morgan fingerprint density at radius 2 is 1.77 bits per heavy atom. The SMILES string of the molecule is COc1cccc(N2CCN(C(=O)c3cccc(OCc4c(C)noc4C)c3)CC2)c1. The van der Waals surface area contributed by atoms with Crippen LogP contribution in [0, 0.1) is 13.8 Å². The molecule has 0 saturated carbocycles. The van der Waals surface area contributed by atoms with Crippen LogP contribution in [-0.4, -0.2) is 49.3 Å². The number of hydrogen-bond donors (Lipinski definition) is 0. The molecule has 1 fully saturated rings. The summed E-state index contributed by atoms with van der Waals surface area (Å²) in [5.74, 6) is 2.26. The second kappa shape index (κ2) is 9.12. The number of carbonyl (C=O) groups excluding carboxylic acids is 1. The smallest absolute Gasteiger partial charge is 0.254 e. The number of aromatic nitrogens is 1. The standard InChI is InChI=1S/C24H27N3O4/c1-17-23(18(2)31-25-17)16-30-22-9-4-6-19(14-22)24(28)27-12-10-26(11-13-27)20-7-5-8-21(15-20)29-3/h4-9,14-15H,10-13,16H2,1-3H3. The van der Waals surface area contributed by atoms with Crippen molar-refractivity contribution < 1.29 is 18.8 Å². The van der Waals surface area contributed by atoms with Gasteiger partial charge >= 0.3 is 0 Å². The Morgan fingerprint density at radius 3 is 2.48 bits per heavy atom. The zero-order valence-corrected chi connectivity index (χ0v) is 18.1. The van der Waals surface area contributed by atoms with Gasteiger partial charge in [-0.1, -0.05) is 17.3 Å². The summed E-state index contributed by atoms with van der Waals surface area (Å²) in [6.07, 6.45) is 0. The second-order valence-corrected chi connectivity index (χ2v) is 7.60. The van der Waals surface area contributed by atoms with Gasteiger partial charge in [0.2, 0.25) is 0 Å². The number of methoxy groups -OCH3 is 1. The highest BCUT2D eigenvalue weighted by Gasteiger charge is 2.23. The quantitative estimate of drug-likeness (QED) is 0.602. The van der Waals surface area contributed by atoms with Crippen LogP contribution in [-0.2, 0) is 6.61 Å². The van der Waals surface area contributed by atoms with Gasteiger partial charge in [-0.15, -0.1) is 0 Å². The van der Waals surface area contributed by atoms with Gasteiger partial charge in [0.1, 0.15) is 23.9 Å². The van der Waals surface area contributed by atoms with Crippen molar-refractivity contribution in [3.8, 4) is 11.5 Å². The molecule has 2 aromatic carbocycles. The van der Waals surface area contributed by atoms with Crippen LogP contribution in [0.5, 0.6) is 11.5 Å². The number of aryl methyl sites for hydroxylation is 2. The molecule has 1 amide bonds. The average molecular weight is 421 g/mol. The first-order valence-corrected chi connectivity index (χ1v) is 10.4. The fraction of sp³-hybridized carbons (Fsp3) is 0.333. The Hall–Kier alpha value is -3.48. The third kappa shape index (κ3) is 4.66. The molecule has 1 aliphatic heterocycles. The minimum absolute atomic E-state index is 0.0214. The number of nitrogens with zero attached hydrogens (tertiary/aromatic N) is 3. The molecule has 3 aromatic rings. The Balaban J connectivity index is 1.37. The maximum Gasteiger partial charge on any atom is 0.254 e. The summed E-state index contributed by atoms with van der Waals surface area (Å²) in [6.45, 7) is 7.00. The third-order valence-electron chi connectivity index (χ3n) is 5.63. The molecule has 0 bridgehead atoms. The van der Waals surface area contributed by atoms with E-state index >= 15 is 0 Å². The van der Waals surface area contributed by atoms with Gasteiger partial charge in [0.05, 0.1) is 18.4 Å². The molecule has 0 aliphatic carbocycles. The summed E-state index contributed by atoms with van der Waals surface area (Å²) in [5, 5.41) is 3.95. The third-order valence-corrected chi connectivity index (χ3v) is 5.63. The van der Waals surface area contributed by atoms with Crippen LogP contribution >= 0.6 is 0 Å². The number of ether oxygens (including phenoxy) is 2. The van der Waals surface area contributed by atoms with Crippen LogP contribution in [0.4, 0.5) is 5.69 Å². The summed E-state index contributed by atoms with van der Waals surface area (Å²) >= 11 is 0. The van der Waals surface area contributed by atoms with Crippen molar-refractivity contribution in [2.24, 2.45) is 0 Å². The fourth-order valence-electron chi connectivity index (χ4n) is 3.74. The van der Waals surface area contributed by atoms with Crippen LogP contribution in [0.25, 0.3) is 0 Å². The Bertz CT molecular complexity index is 1030. The van der Waals surface area contributed by atoms with Gasteiger partial charge in [0.25, 0.3) is 5.91 Å². The molecule has 0 N–H and O–H groups in total. The van der Waals surface area contributed by atoms with Crippen molar-refractivity contribution in [3.63, 3.8) is 0 Å². The molecule has 0 unspecified atom stereocenters. The number of piperazine rings is 1. The molecule has 31 heavy (non-hydrogen) atoms. The molecule has 7 heteroatoms. The largest absolute Gasteiger partial charge is 0.497 e. The summed E-state index contributed by atoms with van der Waals surface area (Å²) < 4.78 is 16.4. The van der Waals surface area contributed by atoms with Gasteiger partial charge in [-0.05, 0) is 44.2 Å². The molecule has 0 atom stereocenters. The van der Waals surface area contributed by atoms with Crippen LogP contribution in [0.3, 0.4) is 0 Å². The van der Waals surface area contributed by atoms with Gasteiger partial charge in [0.15, 0.2) is 0 Å². The molecule has 0 spiro atoms. The number of rotatable bonds is 6. The molecule has 0 radical (unpaired) electrons. The van der Waals surface area contributed by atoms with E-state index in [1.54, 1.807) is 13.2 Å². The lowest BCUT2D eigenvalue weighted by Crippen LogP contribution is -2.48. The summed E-state index contributed by atoms with van der Waals surface area (Å²) in [7, 11) is 1.67. The normalized spacial score (nSPS) is 13.9. The zero-order valence-electron chi connectivity index (χ0n) is 18.1. The van der Waals surface area contributed by atoms with Crippen LogP contribution in [0.15, 0.2) is 53.1 Å². The Morgan fingerprint density at radius 1 is 1.03 bits per heavy atom. The number of hydrogen-bond acceptors (Lipinski definition) is 6. The molecule has 1 aliphatic rings. The van der Waals surface area contributed by atoms with Crippen molar-refractivity contribution >= 4 is 11.6 Å². The lowest BCUT2D eigenvalue weighted by molar-refractivity contribution is 0.0746. The molecule has 1 saturated heterocycles. The Kier molecular flexibility index (Phi) is 6.11. The van der Waals surface area contributed by atoms with Crippen molar-refractivity contribution in [2.45, 2.75) is 20.5 Å². The first kappa shape index (κ1) is 20.8. The van der Waals surface area contributed by atoms with Crippen molar-refractivity contribution in [1.82, 2.24) is 10.1 Å². The minimum atomic E-state index is 0.0214. The van der Waals surface area contributed by atoms with Crippen LogP contribution < -0.4 is 14.4 Å². The van der Waals surface area contributed by atoms with E-state index in [0.29, 0.717) is 31.0 Å². The van der Waals surface area contributed by atoms with E-state index in [1.165, 1.54) is 0 Å². The fourth-order valence-corrected chi connectivity index (χ4v) is 3.74. The molecule has 2 heterocycles. The maximum atomic E-state index is 13.0. The monoisotopic (exact) mass is 421 g/mol. The maximum absolute atomic E-state index is 13.0. The topological polar surface area (TPSA) is 68.0 Å². The van der Waals surface area contributed by atoms with Crippen molar-refractivity contribution in [3.05, 3.63) is 71.1 Å². The van der Waals surface area contributed by atoms with Crippen LogP contribution in [0.2, 0.25) is 0 Å². The molecule has 1 aromatic heterocycles. The van der Waals surface area contributed by atoms with E-state index in [-0.39, 0.29) is 5.91 Å². The van der Waals surface area contributed by atoms with Gasteiger partial charge in [-0.25, -0.2) is 0 Å². The average Bonchev–Trinajstić information content (AvgIpc) is 3.14. The van der Waals surface area contributed by atoms with Crippen LogP contribution in [0.1, 0.15) is 27.4 Å². The first-order chi connectivity index (χ1) is 15.0. The Labute approximate surface area is 182 Å². The molecule has 7 nitrogen and oxygen atoms in total. The van der Waals surface area contributed by atoms with Gasteiger partial charge in [-0.2, -0.15) is 0 Å².